The molecule has 1 aromatic heterocycles. The van der Waals surface area contributed by atoms with Gasteiger partial charge in [0.1, 0.15) is 12.4 Å². The zero-order valence-corrected chi connectivity index (χ0v) is 11.8. The molecule has 0 saturated heterocycles. The van der Waals surface area contributed by atoms with Gasteiger partial charge in [-0.25, -0.2) is 4.98 Å². The molecule has 0 fully saturated rings. The normalized spacial score (nSPS) is 13.8. The third kappa shape index (κ3) is 4.17. The highest BCUT2D eigenvalue weighted by atomic mass is 31.2. The molecule has 1 N–H and O–H groups in total. The van der Waals surface area contributed by atoms with Crippen LogP contribution >= 0.6 is 7.60 Å². The zero-order chi connectivity index (χ0) is 13.6. The van der Waals surface area contributed by atoms with Gasteiger partial charge in [0.2, 0.25) is 0 Å². The topological polar surface area (TPSA) is 86.5 Å². The molecular weight excluding hydrogens is 257 g/mol. The van der Waals surface area contributed by atoms with Crippen LogP contribution in [-0.2, 0) is 20.7 Å². The number of aliphatic hydroxyl groups is 1. The summed E-state index contributed by atoms with van der Waals surface area (Å²) < 4.78 is 24.0. The average molecular weight is 277 g/mol. The lowest BCUT2D eigenvalue weighted by atomic mass is 10.2. The van der Waals surface area contributed by atoms with E-state index in [0.717, 1.165) is 0 Å². The summed E-state index contributed by atoms with van der Waals surface area (Å²) in [5.41, 5.74) is 0. The predicted molar refractivity (Wildman–Crippen MR) is 66.3 cm³/mol. The molecule has 0 aliphatic heterocycles. The molecule has 0 radical (unpaired) electrons. The van der Waals surface area contributed by atoms with Crippen LogP contribution in [0.3, 0.4) is 0 Å². The van der Waals surface area contributed by atoms with Gasteiger partial charge in [0.05, 0.1) is 19.4 Å². The highest BCUT2D eigenvalue weighted by Crippen LogP contribution is 2.49. The number of nitrogens with zero attached hydrogens (tertiary/aromatic N) is 3. The van der Waals surface area contributed by atoms with Crippen LogP contribution in [0.5, 0.6) is 0 Å². The Hall–Kier alpha value is -0.750. The first-order chi connectivity index (χ1) is 8.52. The van der Waals surface area contributed by atoms with Crippen LogP contribution in [-0.4, -0.2) is 39.2 Å². The van der Waals surface area contributed by atoms with Gasteiger partial charge in [0.15, 0.2) is 5.82 Å². The summed E-state index contributed by atoms with van der Waals surface area (Å²) in [6, 6.07) is 0. The quantitative estimate of drug-likeness (QED) is 0.725. The molecule has 0 saturated carbocycles. The minimum Gasteiger partial charge on any atom is -0.385 e. The van der Waals surface area contributed by atoms with Gasteiger partial charge in [-0.05, 0) is 20.3 Å². The van der Waals surface area contributed by atoms with Crippen LogP contribution in [0.4, 0.5) is 0 Å². The lowest BCUT2D eigenvalue weighted by molar-refractivity contribution is 0.153. The van der Waals surface area contributed by atoms with Gasteiger partial charge in [-0.15, -0.1) is 0 Å². The molecule has 1 unspecified atom stereocenters. The summed E-state index contributed by atoms with van der Waals surface area (Å²) in [7, 11) is -1.42. The first kappa shape index (κ1) is 15.3. The molecule has 1 heterocycles. The first-order valence-electron chi connectivity index (χ1n) is 5.92. The van der Waals surface area contributed by atoms with Crippen molar-refractivity contribution in [2.24, 2.45) is 7.05 Å². The van der Waals surface area contributed by atoms with Gasteiger partial charge in [0, 0.05) is 7.05 Å². The van der Waals surface area contributed by atoms with Gasteiger partial charge in [-0.3, -0.25) is 9.25 Å². The highest BCUT2D eigenvalue weighted by molar-refractivity contribution is 7.53. The van der Waals surface area contributed by atoms with Crippen LogP contribution in [0.2, 0.25) is 0 Å². The average Bonchev–Trinajstić information content (AvgIpc) is 2.73. The third-order valence-electron chi connectivity index (χ3n) is 2.37. The molecule has 0 bridgehead atoms. The molecule has 104 valence electrons. The maximum absolute atomic E-state index is 12.2. The molecule has 0 spiro atoms. The Morgan fingerprint density at radius 1 is 1.44 bits per heavy atom. The van der Waals surface area contributed by atoms with Crippen molar-refractivity contribution < 1.29 is 18.7 Å². The van der Waals surface area contributed by atoms with Crippen molar-refractivity contribution in [3.8, 4) is 0 Å². The van der Waals surface area contributed by atoms with Crippen molar-refractivity contribution in [2.45, 2.75) is 26.4 Å². The van der Waals surface area contributed by atoms with Gasteiger partial charge in [0.25, 0.3) is 0 Å². The minimum atomic E-state index is -3.11. The SMILES string of the molecule is CCOP(=O)(CCC(O)c1ncnn1C)OCC. The molecular formula is C10H20N3O4P. The Morgan fingerprint density at radius 3 is 2.50 bits per heavy atom. The van der Waals surface area contributed by atoms with Gasteiger partial charge in [-0.2, -0.15) is 5.10 Å². The number of hydrogen-bond acceptors (Lipinski definition) is 6. The van der Waals surface area contributed by atoms with E-state index >= 15 is 0 Å². The molecule has 0 aliphatic rings. The van der Waals surface area contributed by atoms with Crippen molar-refractivity contribution in [3.63, 3.8) is 0 Å². The summed E-state index contributed by atoms with van der Waals surface area (Å²) in [6.07, 6.45) is 0.946. The summed E-state index contributed by atoms with van der Waals surface area (Å²) >= 11 is 0. The van der Waals surface area contributed by atoms with E-state index < -0.39 is 13.7 Å². The van der Waals surface area contributed by atoms with Gasteiger partial charge in [-0.1, -0.05) is 0 Å². The maximum atomic E-state index is 12.2. The molecule has 7 nitrogen and oxygen atoms in total. The van der Waals surface area contributed by atoms with Crippen molar-refractivity contribution in [1.82, 2.24) is 14.8 Å². The largest absolute Gasteiger partial charge is 0.385 e. The molecule has 1 aromatic rings. The Morgan fingerprint density at radius 2 is 2.06 bits per heavy atom. The van der Waals surface area contributed by atoms with E-state index in [4.69, 9.17) is 9.05 Å². The molecule has 0 aliphatic carbocycles. The second-order valence-electron chi connectivity index (χ2n) is 3.72. The second kappa shape index (κ2) is 6.99. The van der Waals surface area contributed by atoms with E-state index in [2.05, 4.69) is 10.1 Å². The van der Waals surface area contributed by atoms with E-state index in [1.165, 1.54) is 11.0 Å². The third-order valence-corrected chi connectivity index (χ3v) is 4.48. The van der Waals surface area contributed by atoms with Crippen molar-refractivity contribution in [3.05, 3.63) is 12.2 Å². The number of aromatic nitrogens is 3. The second-order valence-corrected chi connectivity index (χ2v) is 5.90. The van der Waals surface area contributed by atoms with Crippen LogP contribution < -0.4 is 0 Å². The minimum absolute atomic E-state index is 0.155. The number of aliphatic hydroxyl groups excluding tert-OH is 1. The Kier molecular flexibility index (Phi) is 5.95. The maximum Gasteiger partial charge on any atom is 0.330 e. The van der Waals surface area contributed by atoms with Crippen LogP contribution in [0, 0.1) is 0 Å². The van der Waals surface area contributed by atoms with E-state index in [0.29, 0.717) is 19.0 Å². The van der Waals surface area contributed by atoms with Crippen LogP contribution in [0.1, 0.15) is 32.2 Å². The van der Waals surface area contributed by atoms with Crippen molar-refractivity contribution in [2.75, 3.05) is 19.4 Å². The fourth-order valence-corrected chi connectivity index (χ4v) is 3.26. The summed E-state index contributed by atoms with van der Waals surface area (Å²) in [6.45, 7) is 4.14. The summed E-state index contributed by atoms with van der Waals surface area (Å²) in [4.78, 5) is 3.94. The van der Waals surface area contributed by atoms with Crippen LogP contribution in [0.15, 0.2) is 6.33 Å². The lowest BCUT2D eigenvalue weighted by Gasteiger charge is -2.18. The van der Waals surface area contributed by atoms with E-state index in [1.807, 2.05) is 0 Å². The molecule has 1 atom stereocenters. The molecule has 18 heavy (non-hydrogen) atoms. The van der Waals surface area contributed by atoms with Crippen molar-refractivity contribution >= 4 is 7.60 Å². The van der Waals surface area contributed by atoms with Crippen LogP contribution in [0.25, 0.3) is 0 Å². The van der Waals surface area contributed by atoms with Gasteiger partial charge >= 0.3 is 7.60 Å². The van der Waals surface area contributed by atoms with E-state index in [1.54, 1.807) is 20.9 Å². The molecule has 1 rings (SSSR count). The predicted octanol–water partition coefficient (Wildman–Crippen LogP) is 1.50. The standard InChI is InChI=1S/C10H20N3O4P/c1-4-16-18(15,17-5-2)7-6-9(14)10-11-8-12-13(10)3/h8-9,14H,4-7H2,1-3H3. The first-order valence-corrected chi connectivity index (χ1v) is 7.65. The Labute approximate surface area is 107 Å². The fourth-order valence-electron chi connectivity index (χ4n) is 1.58. The Balaban J connectivity index is 2.57. The summed E-state index contributed by atoms with van der Waals surface area (Å²) in [5, 5.41) is 13.8. The monoisotopic (exact) mass is 277 g/mol. The number of aryl methyl sites for hydroxylation is 1. The Bertz CT molecular complexity index is 400. The number of hydrogen-bond donors (Lipinski definition) is 1. The van der Waals surface area contributed by atoms with E-state index in [9.17, 15) is 9.67 Å². The summed E-state index contributed by atoms with van der Waals surface area (Å²) in [5.74, 6) is 0.439. The fraction of sp³-hybridized carbons (Fsp3) is 0.800. The zero-order valence-electron chi connectivity index (χ0n) is 10.9. The van der Waals surface area contributed by atoms with Gasteiger partial charge < -0.3 is 14.2 Å². The smallest absolute Gasteiger partial charge is 0.330 e. The molecule has 8 heteroatoms. The molecule has 0 aromatic carbocycles. The number of rotatable bonds is 8. The van der Waals surface area contributed by atoms with E-state index in [-0.39, 0.29) is 12.6 Å². The molecule has 0 amide bonds. The highest BCUT2D eigenvalue weighted by Gasteiger charge is 2.26. The lowest BCUT2D eigenvalue weighted by Crippen LogP contribution is -2.10. The van der Waals surface area contributed by atoms with Crippen molar-refractivity contribution in [1.29, 1.82) is 0 Å².